The van der Waals surface area contributed by atoms with Gasteiger partial charge in [-0.1, -0.05) is 33.6 Å². The van der Waals surface area contributed by atoms with E-state index < -0.39 is 5.82 Å². The van der Waals surface area contributed by atoms with Crippen molar-refractivity contribution in [2.24, 2.45) is 7.05 Å². The Kier molecular flexibility index (Phi) is 8.96. The third-order valence-corrected chi connectivity index (χ3v) is 5.02. The molecule has 0 amide bonds. The number of halogens is 1. The quantitative estimate of drug-likeness (QED) is 0.413. The number of ketones is 1. The number of aryl methyl sites for hydroxylation is 2. The maximum atomic E-state index is 14.6. The van der Waals surface area contributed by atoms with Gasteiger partial charge in [0.05, 0.1) is 17.3 Å². The van der Waals surface area contributed by atoms with E-state index in [9.17, 15) is 14.0 Å². The summed E-state index contributed by atoms with van der Waals surface area (Å²) in [4.78, 5) is 27.3. The number of benzene rings is 1. The lowest BCUT2D eigenvalue weighted by molar-refractivity contribution is -0.118. The number of unbranched alkanes of at least 4 members (excludes halogenated alkanes) is 3. The molecule has 0 aliphatic carbocycles. The lowest BCUT2D eigenvalue weighted by Gasteiger charge is -2.07. The van der Waals surface area contributed by atoms with E-state index in [1.54, 1.807) is 25.4 Å². The van der Waals surface area contributed by atoms with Crippen molar-refractivity contribution in [3.8, 4) is 11.3 Å². The average molecular weight is 415 g/mol. The lowest BCUT2D eigenvalue weighted by Crippen LogP contribution is -2.15. The number of rotatable bonds is 9. The molecule has 6 heteroatoms. The minimum absolute atomic E-state index is 0.180. The molecule has 0 fully saturated rings. The van der Waals surface area contributed by atoms with Gasteiger partial charge in [0.1, 0.15) is 11.6 Å². The van der Waals surface area contributed by atoms with Crippen molar-refractivity contribution in [3.05, 3.63) is 52.5 Å². The van der Waals surface area contributed by atoms with Crippen LogP contribution in [-0.2, 0) is 18.3 Å². The Balaban J connectivity index is 0.00000155. The minimum atomic E-state index is -0.447. The fraction of sp³-hybridized carbons (Fsp3) is 0.458. The Hall–Kier alpha value is -2.76. The topological polar surface area (TPSA) is 65.1 Å². The maximum absolute atomic E-state index is 14.6. The summed E-state index contributed by atoms with van der Waals surface area (Å²) in [6.07, 6.45) is 7.36. The van der Waals surface area contributed by atoms with Crippen LogP contribution in [0.3, 0.4) is 0 Å². The van der Waals surface area contributed by atoms with E-state index in [0.29, 0.717) is 47.8 Å². The minimum Gasteiger partial charge on any atom is -0.441 e. The fourth-order valence-electron chi connectivity index (χ4n) is 3.26. The predicted molar refractivity (Wildman–Crippen MR) is 118 cm³/mol. The molecule has 30 heavy (non-hydrogen) atoms. The van der Waals surface area contributed by atoms with Crippen LogP contribution in [0.5, 0.6) is 0 Å². The van der Waals surface area contributed by atoms with Gasteiger partial charge in [0.25, 0.3) is 5.56 Å². The summed E-state index contributed by atoms with van der Waals surface area (Å²) in [5, 5.41) is 0.762. The summed E-state index contributed by atoms with van der Waals surface area (Å²) >= 11 is 0. The molecule has 0 atom stereocenters. The van der Waals surface area contributed by atoms with Crippen LogP contribution in [0.15, 0.2) is 39.7 Å². The van der Waals surface area contributed by atoms with Crippen LogP contribution >= 0.6 is 0 Å². The van der Waals surface area contributed by atoms with Gasteiger partial charge in [0, 0.05) is 32.4 Å². The summed E-state index contributed by atoms with van der Waals surface area (Å²) in [7, 11) is 1.62. The number of aromatic nitrogens is 2. The number of oxazole rings is 1. The van der Waals surface area contributed by atoms with E-state index in [1.165, 1.54) is 16.7 Å². The highest BCUT2D eigenvalue weighted by Gasteiger charge is 2.14. The molecule has 5 nitrogen and oxygen atoms in total. The first kappa shape index (κ1) is 23.5. The van der Waals surface area contributed by atoms with Gasteiger partial charge < -0.3 is 8.98 Å². The number of hydrogen-bond acceptors (Lipinski definition) is 4. The molecule has 0 N–H and O–H groups in total. The number of carbonyl (C=O) groups excluding carboxylic acids is 1. The van der Waals surface area contributed by atoms with Crippen LogP contribution in [0.1, 0.15) is 65.2 Å². The van der Waals surface area contributed by atoms with Gasteiger partial charge in [-0.2, -0.15) is 0 Å². The summed E-state index contributed by atoms with van der Waals surface area (Å²) < 4.78 is 21.7. The lowest BCUT2D eigenvalue weighted by atomic mass is 10.1. The molecule has 2 heterocycles. The van der Waals surface area contributed by atoms with E-state index in [1.807, 2.05) is 20.8 Å². The van der Waals surface area contributed by atoms with Crippen LogP contribution in [0, 0.1) is 5.82 Å². The van der Waals surface area contributed by atoms with E-state index in [4.69, 9.17) is 4.42 Å². The van der Waals surface area contributed by atoms with Crippen molar-refractivity contribution in [2.45, 2.75) is 65.7 Å². The van der Waals surface area contributed by atoms with Crippen molar-refractivity contribution < 1.29 is 13.6 Å². The zero-order chi connectivity index (χ0) is 22.1. The molecule has 0 saturated heterocycles. The van der Waals surface area contributed by atoms with Gasteiger partial charge in [0.2, 0.25) is 0 Å². The van der Waals surface area contributed by atoms with Crippen molar-refractivity contribution >= 4 is 16.7 Å². The molecule has 0 unspecified atom stereocenters. The average Bonchev–Trinajstić information content (AvgIpc) is 3.23. The predicted octanol–water partition coefficient (Wildman–Crippen LogP) is 5.83. The first-order valence-corrected chi connectivity index (χ1v) is 10.8. The van der Waals surface area contributed by atoms with Crippen LogP contribution in [-0.4, -0.2) is 15.3 Å². The van der Waals surface area contributed by atoms with Crippen LogP contribution < -0.4 is 5.56 Å². The molecule has 0 aliphatic heterocycles. The van der Waals surface area contributed by atoms with Crippen molar-refractivity contribution in [1.29, 1.82) is 0 Å². The molecule has 3 aromatic rings. The van der Waals surface area contributed by atoms with Crippen molar-refractivity contribution in [3.63, 3.8) is 0 Å². The normalized spacial score (nSPS) is 10.7. The monoisotopic (exact) mass is 414 g/mol. The number of Topliss-reactive ketones (excluding diaryl/α,β-unsaturated/α-hetero) is 1. The van der Waals surface area contributed by atoms with Gasteiger partial charge in [-0.05, 0) is 36.4 Å². The van der Waals surface area contributed by atoms with Gasteiger partial charge in [-0.25, -0.2) is 9.37 Å². The summed E-state index contributed by atoms with van der Waals surface area (Å²) in [6.45, 7) is 5.89. The van der Waals surface area contributed by atoms with Crippen LogP contribution in [0.4, 0.5) is 4.39 Å². The highest BCUT2D eigenvalue weighted by Crippen LogP contribution is 2.28. The Morgan fingerprint density at radius 1 is 1.13 bits per heavy atom. The van der Waals surface area contributed by atoms with E-state index in [2.05, 4.69) is 4.98 Å². The van der Waals surface area contributed by atoms with Crippen LogP contribution in [0.2, 0.25) is 0 Å². The number of carbonyl (C=O) groups is 1. The zero-order valence-corrected chi connectivity index (χ0v) is 18.3. The third kappa shape index (κ3) is 5.88. The summed E-state index contributed by atoms with van der Waals surface area (Å²) in [5.74, 6) is 0.836. The maximum Gasteiger partial charge on any atom is 0.250 e. The smallest absolute Gasteiger partial charge is 0.250 e. The third-order valence-electron chi connectivity index (χ3n) is 5.02. The Morgan fingerprint density at radius 2 is 1.87 bits per heavy atom. The van der Waals surface area contributed by atoms with E-state index in [0.717, 1.165) is 31.1 Å². The largest absolute Gasteiger partial charge is 0.441 e. The molecular weight excluding hydrogens is 383 g/mol. The number of hydrogen-bond donors (Lipinski definition) is 0. The molecule has 1 aromatic carbocycles. The van der Waals surface area contributed by atoms with Gasteiger partial charge in [-0.15, -0.1) is 0 Å². The molecule has 2 aromatic heterocycles. The molecule has 0 bridgehead atoms. The standard InChI is InChI=1S/C22H25FN2O3.C2H6/c1-3-16(26)8-6-4-5-7-9-21-24-14-20(28-21)17-12-15-10-11-22(27)25(2)19(15)13-18(17)23;1-2/h10-14H,3-9H2,1-2H3;1-2H3. The number of fused-ring (bicyclic) bond motifs is 1. The second kappa shape index (κ2) is 11.4. The summed E-state index contributed by atoms with van der Waals surface area (Å²) in [5.41, 5.74) is 0.693. The molecule has 162 valence electrons. The highest BCUT2D eigenvalue weighted by molar-refractivity contribution is 5.84. The van der Waals surface area contributed by atoms with Gasteiger partial charge >= 0.3 is 0 Å². The number of nitrogens with zero attached hydrogens (tertiary/aromatic N) is 2. The van der Waals surface area contributed by atoms with Gasteiger partial charge in [0.15, 0.2) is 11.7 Å². The first-order valence-electron chi connectivity index (χ1n) is 10.8. The molecule has 0 saturated carbocycles. The molecule has 3 rings (SSSR count). The van der Waals surface area contributed by atoms with E-state index in [-0.39, 0.29) is 5.56 Å². The number of pyridine rings is 1. The van der Waals surface area contributed by atoms with Crippen LogP contribution in [0.25, 0.3) is 22.2 Å². The van der Waals surface area contributed by atoms with Crippen molar-refractivity contribution in [2.75, 3.05) is 0 Å². The molecule has 0 aliphatic rings. The molecule has 0 radical (unpaired) electrons. The van der Waals surface area contributed by atoms with Crippen molar-refractivity contribution in [1.82, 2.24) is 9.55 Å². The first-order chi connectivity index (χ1) is 14.5. The van der Waals surface area contributed by atoms with Gasteiger partial charge in [-0.3, -0.25) is 9.59 Å². The van der Waals surface area contributed by atoms with E-state index >= 15 is 0 Å². The summed E-state index contributed by atoms with van der Waals surface area (Å²) in [6, 6.07) is 6.18. The zero-order valence-electron chi connectivity index (χ0n) is 18.3. The SMILES string of the molecule is CC.CCC(=O)CCCCCCc1ncc(-c2cc3ccc(=O)n(C)c3cc2F)o1. The second-order valence-electron chi connectivity index (χ2n) is 7.05. The Bertz CT molecular complexity index is 1040. The second-order valence-corrected chi connectivity index (χ2v) is 7.05. The Labute approximate surface area is 176 Å². The molecule has 0 spiro atoms. The Morgan fingerprint density at radius 3 is 2.60 bits per heavy atom. The fourth-order valence-corrected chi connectivity index (χ4v) is 3.26. The highest BCUT2D eigenvalue weighted by atomic mass is 19.1. The molecular formula is C24H31FN2O3.